The normalized spacial score (nSPS) is 16.4. The molecule has 6 nitrogen and oxygen atoms in total. The number of ether oxygens (including phenoxy) is 2. The van der Waals surface area contributed by atoms with E-state index in [4.69, 9.17) is 21.3 Å². The number of hydrogen-bond donors (Lipinski definition) is 1. The quantitative estimate of drug-likeness (QED) is 0.489. The molecule has 8 heteroatoms. The van der Waals surface area contributed by atoms with Crippen LogP contribution >= 0.6 is 11.8 Å². The minimum atomic E-state index is -3.42. The third-order valence-electron chi connectivity index (χ3n) is 3.82. The van der Waals surface area contributed by atoms with Gasteiger partial charge in [-0.3, -0.25) is 4.90 Å². The predicted molar refractivity (Wildman–Crippen MR) is 98.6 cm³/mol. The minimum absolute atomic E-state index is 0.253. The molecule has 1 fully saturated rings. The molecule has 0 aliphatic carbocycles. The van der Waals surface area contributed by atoms with Crippen molar-refractivity contribution in [3.63, 3.8) is 0 Å². The Bertz CT molecular complexity index is 629. The fourth-order valence-electron chi connectivity index (χ4n) is 2.44. The van der Waals surface area contributed by atoms with E-state index >= 15 is 0 Å². The van der Waals surface area contributed by atoms with Gasteiger partial charge in [0.2, 0.25) is 0 Å². The highest BCUT2D eigenvalue weighted by atomic mass is 35.5. The van der Waals surface area contributed by atoms with Crippen LogP contribution in [0.15, 0.2) is 40.6 Å². The zero-order valence-electron chi connectivity index (χ0n) is 14.2. The first-order valence-electron chi connectivity index (χ1n) is 8.40. The minimum Gasteiger partial charge on any atom is -0.494 e. The highest BCUT2D eigenvalue weighted by Gasteiger charge is 2.11. The Hall–Kier alpha value is -1.12. The van der Waals surface area contributed by atoms with Crippen LogP contribution in [0.1, 0.15) is 12.8 Å². The van der Waals surface area contributed by atoms with Crippen molar-refractivity contribution in [1.29, 1.82) is 0 Å². The van der Waals surface area contributed by atoms with Crippen LogP contribution in [0.5, 0.6) is 5.75 Å². The van der Waals surface area contributed by atoms with E-state index in [0.29, 0.717) is 25.3 Å². The number of nitrogens with zero attached hydrogens (tertiary/aromatic N) is 1. The summed E-state index contributed by atoms with van der Waals surface area (Å²) in [4.78, 5) is 5.06. The van der Waals surface area contributed by atoms with Crippen molar-refractivity contribution in [2.75, 3.05) is 46.0 Å². The van der Waals surface area contributed by atoms with Crippen LogP contribution in [0, 0.1) is 0 Å². The molecule has 1 N–H and O–H groups in total. The molecule has 1 aromatic carbocycles. The van der Waals surface area contributed by atoms with Gasteiger partial charge in [0, 0.05) is 31.6 Å². The van der Waals surface area contributed by atoms with E-state index in [2.05, 4.69) is 9.74 Å². The number of sulfone groups is 1. The summed E-state index contributed by atoms with van der Waals surface area (Å²) in [6, 6.07) is 6.51. The summed E-state index contributed by atoms with van der Waals surface area (Å²) < 4.78 is 35.3. The molecule has 2 rings (SSSR count). The van der Waals surface area contributed by atoms with E-state index in [1.54, 1.807) is 30.3 Å². The molecule has 1 aliphatic heterocycles. The zero-order chi connectivity index (χ0) is 18.0. The van der Waals surface area contributed by atoms with Crippen molar-refractivity contribution in [2.45, 2.75) is 17.7 Å². The molecule has 0 unspecified atom stereocenters. The molecule has 1 saturated heterocycles. The number of morpholine rings is 1. The number of benzene rings is 1. The van der Waals surface area contributed by atoms with E-state index in [9.17, 15) is 8.42 Å². The van der Waals surface area contributed by atoms with Crippen molar-refractivity contribution in [3.8, 4) is 5.75 Å². The molecular formula is C17H25ClN2O4S. The summed E-state index contributed by atoms with van der Waals surface area (Å²) in [7, 11) is -3.42. The highest BCUT2D eigenvalue weighted by molar-refractivity contribution is 7.94. The summed E-state index contributed by atoms with van der Waals surface area (Å²) in [6.07, 6.45) is 3.06. The van der Waals surface area contributed by atoms with Crippen LogP contribution in [0.4, 0.5) is 0 Å². The van der Waals surface area contributed by atoms with E-state index in [0.717, 1.165) is 39.3 Å². The first-order chi connectivity index (χ1) is 12.1. The Kier molecular flexibility index (Phi) is 8.71. The van der Waals surface area contributed by atoms with Gasteiger partial charge in [0.1, 0.15) is 5.75 Å². The van der Waals surface area contributed by atoms with Crippen molar-refractivity contribution in [1.82, 2.24) is 9.74 Å². The van der Waals surface area contributed by atoms with Gasteiger partial charge >= 0.3 is 0 Å². The molecule has 0 radical (unpaired) electrons. The lowest BCUT2D eigenvalue weighted by Crippen LogP contribution is -2.37. The molecule has 1 aliphatic rings. The van der Waals surface area contributed by atoms with Crippen molar-refractivity contribution in [3.05, 3.63) is 35.7 Å². The molecule has 140 valence electrons. The van der Waals surface area contributed by atoms with E-state index in [-0.39, 0.29) is 4.90 Å². The molecular weight excluding hydrogens is 364 g/mol. The maximum Gasteiger partial charge on any atom is 0.199 e. The topological polar surface area (TPSA) is 67.9 Å². The summed E-state index contributed by atoms with van der Waals surface area (Å²) in [6.45, 7) is 5.65. The number of halogens is 1. The summed E-state index contributed by atoms with van der Waals surface area (Å²) in [5, 5.41) is 1.21. The molecule has 1 aromatic rings. The molecule has 0 saturated carbocycles. The van der Waals surface area contributed by atoms with Crippen LogP contribution in [0.2, 0.25) is 0 Å². The van der Waals surface area contributed by atoms with Crippen LogP contribution in [0.25, 0.3) is 0 Å². The third-order valence-corrected chi connectivity index (χ3v) is 5.49. The van der Waals surface area contributed by atoms with Gasteiger partial charge in [-0.25, -0.2) is 13.3 Å². The van der Waals surface area contributed by atoms with Gasteiger partial charge in [-0.15, -0.1) is 0 Å². The monoisotopic (exact) mass is 388 g/mol. The summed E-state index contributed by atoms with van der Waals surface area (Å²) in [5.41, 5.74) is 0. The van der Waals surface area contributed by atoms with Gasteiger partial charge < -0.3 is 9.47 Å². The van der Waals surface area contributed by atoms with E-state index < -0.39 is 9.84 Å². The van der Waals surface area contributed by atoms with E-state index in [1.165, 1.54) is 5.41 Å². The Labute approximate surface area is 154 Å². The first-order valence-corrected chi connectivity index (χ1v) is 10.3. The zero-order valence-corrected chi connectivity index (χ0v) is 15.8. The fraction of sp³-hybridized carbons (Fsp3) is 0.529. The predicted octanol–water partition coefficient (Wildman–Crippen LogP) is 2.21. The summed E-state index contributed by atoms with van der Waals surface area (Å²) >= 11 is 5.33. The Morgan fingerprint density at radius 1 is 1.24 bits per heavy atom. The van der Waals surface area contributed by atoms with Gasteiger partial charge in [-0.1, -0.05) is 6.08 Å². The number of hydrogen-bond acceptors (Lipinski definition) is 6. The van der Waals surface area contributed by atoms with Crippen LogP contribution in [0.3, 0.4) is 0 Å². The number of rotatable bonds is 10. The molecule has 1 heterocycles. The lowest BCUT2D eigenvalue weighted by atomic mass is 10.3. The van der Waals surface area contributed by atoms with Crippen LogP contribution in [-0.4, -0.2) is 59.3 Å². The second-order valence-electron chi connectivity index (χ2n) is 5.72. The molecule has 25 heavy (non-hydrogen) atoms. The average Bonchev–Trinajstić information content (AvgIpc) is 2.64. The van der Waals surface area contributed by atoms with Crippen molar-refractivity contribution < 1.29 is 17.9 Å². The van der Waals surface area contributed by atoms with Gasteiger partial charge in [0.15, 0.2) is 9.84 Å². The standard InChI is InChI=1S/C17H25ClN2O4S/c18-19-8-1-2-15-25(21,22)17-6-4-16(5-7-17)24-12-3-9-20-10-13-23-14-11-20/h2,4-7,15,19H,1,3,8-14H2/b15-2+. The second kappa shape index (κ2) is 10.8. The lowest BCUT2D eigenvalue weighted by molar-refractivity contribution is 0.0358. The summed E-state index contributed by atoms with van der Waals surface area (Å²) in [5.74, 6) is 0.677. The lowest BCUT2D eigenvalue weighted by Gasteiger charge is -2.26. The Morgan fingerprint density at radius 3 is 2.64 bits per heavy atom. The Balaban J connectivity index is 1.76. The van der Waals surface area contributed by atoms with Crippen LogP contribution in [-0.2, 0) is 14.6 Å². The van der Waals surface area contributed by atoms with Gasteiger partial charge in [-0.05, 0) is 48.9 Å². The van der Waals surface area contributed by atoms with E-state index in [1.807, 2.05) is 0 Å². The maximum atomic E-state index is 12.1. The molecule has 0 amide bonds. The Morgan fingerprint density at radius 2 is 1.96 bits per heavy atom. The van der Waals surface area contributed by atoms with Gasteiger partial charge in [-0.2, -0.15) is 0 Å². The SMILES string of the molecule is O=S(=O)(/C=C/CCNCl)c1ccc(OCCCN2CCOCC2)cc1. The van der Waals surface area contributed by atoms with Crippen molar-refractivity contribution in [2.24, 2.45) is 0 Å². The number of nitrogens with one attached hydrogen (secondary N) is 1. The van der Waals surface area contributed by atoms with Gasteiger partial charge in [0.25, 0.3) is 0 Å². The smallest absolute Gasteiger partial charge is 0.199 e. The first kappa shape index (κ1) is 20.2. The van der Waals surface area contributed by atoms with Crippen molar-refractivity contribution >= 4 is 21.6 Å². The molecule has 0 spiro atoms. The maximum absolute atomic E-state index is 12.1. The second-order valence-corrected chi connectivity index (χ2v) is 7.82. The molecule has 0 atom stereocenters. The van der Waals surface area contributed by atoms with Gasteiger partial charge in [0.05, 0.1) is 24.7 Å². The third kappa shape index (κ3) is 7.33. The van der Waals surface area contributed by atoms with Crippen LogP contribution < -0.4 is 9.57 Å². The average molecular weight is 389 g/mol. The largest absolute Gasteiger partial charge is 0.494 e. The fourth-order valence-corrected chi connectivity index (χ4v) is 3.61. The highest BCUT2D eigenvalue weighted by Crippen LogP contribution is 2.18. The molecule has 0 aromatic heterocycles. The molecule has 0 bridgehead atoms.